The second kappa shape index (κ2) is 7.89. The van der Waals surface area contributed by atoms with E-state index in [4.69, 9.17) is 4.42 Å². The molecule has 0 aliphatic carbocycles. The molecular formula is C21H23F3N6O2. The summed E-state index contributed by atoms with van der Waals surface area (Å²) >= 11 is 0. The fourth-order valence-electron chi connectivity index (χ4n) is 4.72. The number of hydrogen-bond donors (Lipinski definition) is 3. The van der Waals surface area contributed by atoms with Crippen LogP contribution in [-0.2, 0) is 4.79 Å². The summed E-state index contributed by atoms with van der Waals surface area (Å²) in [6.07, 6.45) is -3.78. The van der Waals surface area contributed by atoms with Crippen molar-refractivity contribution >= 4 is 11.5 Å². The van der Waals surface area contributed by atoms with Gasteiger partial charge < -0.3 is 15.1 Å². The van der Waals surface area contributed by atoms with Crippen LogP contribution in [0.4, 0.5) is 13.2 Å². The Labute approximate surface area is 182 Å². The highest BCUT2D eigenvalue weighted by atomic mass is 19.4. The van der Waals surface area contributed by atoms with Crippen LogP contribution in [0.2, 0.25) is 0 Å². The number of fused-ring (bicyclic) bond motifs is 1. The molecule has 2 saturated heterocycles. The lowest BCUT2D eigenvalue weighted by Gasteiger charge is -2.34. The maximum Gasteiger partial charge on any atom is 0.406 e. The standard InChI is InChI=1S/C21H23F3N6O2/c1-11-14(19-28-27-18(32-19)13-7-9-25-10-8-13)20(31)30-17(26-11)15(12-5-3-2-4-6-12)16(29-30)21(22,23)24/h2-6,13,15-17,25-26,29H,7-10H2,1H3. The minimum atomic E-state index is -4.56. The number of hydrogen-bond acceptors (Lipinski definition) is 7. The van der Waals surface area contributed by atoms with Crippen LogP contribution in [-0.4, -0.2) is 52.6 Å². The number of nitrogens with zero attached hydrogens (tertiary/aromatic N) is 3. The average molecular weight is 448 g/mol. The molecule has 8 nitrogen and oxygen atoms in total. The van der Waals surface area contributed by atoms with Crippen molar-refractivity contribution in [1.29, 1.82) is 0 Å². The van der Waals surface area contributed by atoms with Gasteiger partial charge in [0.2, 0.25) is 5.89 Å². The first-order chi connectivity index (χ1) is 15.3. The monoisotopic (exact) mass is 448 g/mol. The largest absolute Gasteiger partial charge is 0.420 e. The van der Waals surface area contributed by atoms with Gasteiger partial charge >= 0.3 is 6.18 Å². The number of hydrazine groups is 1. The Hall–Kier alpha value is -2.92. The van der Waals surface area contributed by atoms with Gasteiger partial charge in [-0.15, -0.1) is 10.2 Å². The van der Waals surface area contributed by atoms with Crippen molar-refractivity contribution in [3.05, 3.63) is 53.4 Å². The fourth-order valence-corrected chi connectivity index (χ4v) is 4.72. The summed E-state index contributed by atoms with van der Waals surface area (Å²) in [6.45, 7) is 3.31. The predicted molar refractivity (Wildman–Crippen MR) is 108 cm³/mol. The number of amides is 1. The van der Waals surface area contributed by atoms with Crippen LogP contribution in [0.1, 0.15) is 48.9 Å². The third-order valence-corrected chi connectivity index (χ3v) is 6.31. The molecule has 3 aliphatic rings. The van der Waals surface area contributed by atoms with Crippen LogP contribution in [0.15, 0.2) is 40.4 Å². The number of carbonyl (C=O) groups excluding carboxylic acids is 1. The number of piperidine rings is 1. The highest BCUT2D eigenvalue weighted by molar-refractivity contribution is 6.19. The second-order valence-corrected chi connectivity index (χ2v) is 8.32. The lowest BCUT2D eigenvalue weighted by Crippen LogP contribution is -2.54. The average Bonchev–Trinajstić information content (AvgIpc) is 3.40. The number of aromatic nitrogens is 2. The second-order valence-electron chi connectivity index (χ2n) is 8.32. The van der Waals surface area contributed by atoms with E-state index in [-0.39, 0.29) is 17.4 Å². The summed E-state index contributed by atoms with van der Waals surface area (Å²) in [6, 6.07) is 6.46. The van der Waals surface area contributed by atoms with Crippen LogP contribution in [0.3, 0.4) is 0 Å². The smallest absolute Gasteiger partial charge is 0.406 e. The minimum Gasteiger partial charge on any atom is -0.420 e. The van der Waals surface area contributed by atoms with E-state index in [0.717, 1.165) is 30.9 Å². The third-order valence-electron chi connectivity index (χ3n) is 6.31. The number of halogens is 3. The molecule has 5 rings (SSSR count). The summed E-state index contributed by atoms with van der Waals surface area (Å²) < 4.78 is 47.5. The lowest BCUT2D eigenvalue weighted by atomic mass is 9.89. The summed E-state index contributed by atoms with van der Waals surface area (Å²) in [7, 11) is 0. The summed E-state index contributed by atoms with van der Waals surface area (Å²) in [5, 5.41) is 15.5. The molecular weight excluding hydrogens is 425 g/mol. The van der Waals surface area contributed by atoms with Gasteiger partial charge in [0.05, 0.1) is 5.92 Å². The van der Waals surface area contributed by atoms with E-state index < -0.39 is 30.2 Å². The molecule has 170 valence electrons. The van der Waals surface area contributed by atoms with Gasteiger partial charge in [0.1, 0.15) is 17.8 Å². The third kappa shape index (κ3) is 3.55. The van der Waals surface area contributed by atoms with E-state index in [9.17, 15) is 18.0 Å². The zero-order valence-electron chi connectivity index (χ0n) is 17.3. The topological polar surface area (TPSA) is 95.3 Å². The molecule has 3 unspecified atom stereocenters. The number of carbonyl (C=O) groups is 1. The molecule has 0 radical (unpaired) electrons. The van der Waals surface area contributed by atoms with E-state index in [1.54, 1.807) is 37.3 Å². The normalized spacial score (nSPS) is 26.9. The van der Waals surface area contributed by atoms with Gasteiger partial charge in [-0.25, -0.2) is 10.4 Å². The van der Waals surface area contributed by atoms with Crippen molar-refractivity contribution in [3.8, 4) is 0 Å². The van der Waals surface area contributed by atoms with Crippen molar-refractivity contribution in [1.82, 2.24) is 31.3 Å². The Morgan fingerprint density at radius 2 is 1.84 bits per heavy atom. The van der Waals surface area contributed by atoms with E-state index in [1.807, 2.05) is 0 Å². The van der Waals surface area contributed by atoms with Crippen molar-refractivity contribution < 1.29 is 22.4 Å². The van der Waals surface area contributed by atoms with Gasteiger partial charge in [0.25, 0.3) is 11.8 Å². The SMILES string of the molecule is CC1=C(c2nnc(C3CCNCC3)o2)C(=O)N2NC(C(F)(F)F)C(c3ccccc3)C2N1. The Morgan fingerprint density at radius 3 is 2.53 bits per heavy atom. The first-order valence-electron chi connectivity index (χ1n) is 10.6. The Balaban J connectivity index is 1.48. The molecule has 3 atom stereocenters. The molecule has 1 amide bonds. The molecule has 1 aromatic heterocycles. The number of nitrogens with one attached hydrogen (secondary N) is 3. The molecule has 4 heterocycles. The van der Waals surface area contributed by atoms with Crippen molar-refractivity contribution in [2.24, 2.45) is 0 Å². The van der Waals surface area contributed by atoms with Gasteiger partial charge in [-0.05, 0) is 38.4 Å². The van der Waals surface area contributed by atoms with Gasteiger partial charge in [-0.1, -0.05) is 30.3 Å². The van der Waals surface area contributed by atoms with Crippen molar-refractivity contribution in [2.45, 2.75) is 50.0 Å². The van der Waals surface area contributed by atoms with Crippen LogP contribution < -0.4 is 16.1 Å². The van der Waals surface area contributed by atoms with Gasteiger partial charge in [-0.3, -0.25) is 4.79 Å². The van der Waals surface area contributed by atoms with Crippen LogP contribution in [0, 0.1) is 0 Å². The molecule has 0 spiro atoms. The zero-order valence-corrected chi connectivity index (χ0v) is 17.3. The number of benzene rings is 1. The summed E-state index contributed by atoms with van der Waals surface area (Å²) in [4.78, 5) is 13.3. The van der Waals surface area contributed by atoms with Gasteiger partial charge in [0, 0.05) is 11.6 Å². The van der Waals surface area contributed by atoms with Crippen molar-refractivity contribution in [2.75, 3.05) is 13.1 Å². The molecule has 1 aromatic carbocycles. The highest BCUT2D eigenvalue weighted by Crippen LogP contribution is 2.42. The summed E-state index contributed by atoms with van der Waals surface area (Å²) in [5.74, 6) is -1.09. The lowest BCUT2D eigenvalue weighted by molar-refractivity contribution is -0.161. The maximum absolute atomic E-state index is 13.9. The molecule has 0 bridgehead atoms. The van der Waals surface area contributed by atoms with E-state index in [0.29, 0.717) is 17.2 Å². The van der Waals surface area contributed by atoms with Crippen LogP contribution in [0.25, 0.3) is 5.57 Å². The Bertz CT molecular complexity index is 1030. The van der Waals surface area contributed by atoms with E-state index in [2.05, 4.69) is 26.3 Å². The molecule has 0 saturated carbocycles. The van der Waals surface area contributed by atoms with Crippen LogP contribution in [0.5, 0.6) is 0 Å². The Kier molecular flexibility index (Phi) is 5.17. The molecule has 3 N–H and O–H groups in total. The molecule has 32 heavy (non-hydrogen) atoms. The number of alkyl halides is 3. The first kappa shape index (κ1) is 21.0. The number of rotatable bonds is 3. The molecule has 2 aromatic rings. The predicted octanol–water partition coefficient (Wildman–Crippen LogP) is 2.26. The van der Waals surface area contributed by atoms with E-state index >= 15 is 0 Å². The first-order valence-corrected chi connectivity index (χ1v) is 10.6. The minimum absolute atomic E-state index is 0.0144. The molecule has 2 fully saturated rings. The fraction of sp³-hybridized carbons (Fsp3) is 0.476. The summed E-state index contributed by atoms with van der Waals surface area (Å²) in [5.41, 5.74) is 3.35. The van der Waals surface area contributed by atoms with Gasteiger partial charge in [0.15, 0.2) is 0 Å². The van der Waals surface area contributed by atoms with Crippen molar-refractivity contribution in [3.63, 3.8) is 0 Å². The van der Waals surface area contributed by atoms with E-state index in [1.165, 1.54) is 0 Å². The van der Waals surface area contributed by atoms with Gasteiger partial charge in [-0.2, -0.15) is 13.2 Å². The zero-order chi connectivity index (χ0) is 22.5. The molecule has 11 heteroatoms. The highest BCUT2D eigenvalue weighted by Gasteiger charge is 2.58. The molecule has 3 aliphatic heterocycles. The maximum atomic E-state index is 13.9. The Morgan fingerprint density at radius 1 is 1.12 bits per heavy atom. The quantitative estimate of drug-likeness (QED) is 0.663. The number of allylic oxidation sites excluding steroid dienone is 1. The van der Waals surface area contributed by atoms with Crippen LogP contribution >= 0.6 is 0 Å².